The minimum Gasteiger partial charge on any atom is -0.436 e. The van der Waals surface area contributed by atoms with Gasteiger partial charge < -0.3 is 9.73 Å². The predicted molar refractivity (Wildman–Crippen MR) is 124 cm³/mol. The molecule has 1 N–H and O–H groups in total. The summed E-state index contributed by atoms with van der Waals surface area (Å²) in [4.78, 5) is 17.2. The lowest BCUT2D eigenvalue weighted by molar-refractivity contribution is 0.102. The molecule has 4 nitrogen and oxygen atoms in total. The van der Waals surface area contributed by atoms with Gasteiger partial charge in [0.15, 0.2) is 5.58 Å². The first-order valence-electron chi connectivity index (χ1n) is 9.79. The van der Waals surface area contributed by atoms with E-state index in [4.69, 9.17) is 16.0 Å². The van der Waals surface area contributed by atoms with Gasteiger partial charge in [0.25, 0.3) is 5.91 Å². The van der Waals surface area contributed by atoms with Crippen LogP contribution in [0.3, 0.4) is 0 Å². The van der Waals surface area contributed by atoms with Gasteiger partial charge in [-0.15, -0.1) is 0 Å². The molecule has 0 spiro atoms. The Morgan fingerprint density at radius 2 is 1.45 bits per heavy atom. The highest BCUT2D eigenvalue weighted by Gasteiger charge is 2.11. The van der Waals surface area contributed by atoms with E-state index >= 15 is 0 Å². The van der Waals surface area contributed by atoms with E-state index in [-0.39, 0.29) is 5.91 Å². The Kier molecular flexibility index (Phi) is 4.98. The van der Waals surface area contributed by atoms with Crippen molar-refractivity contribution in [2.75, 3.05) is 5.32 Å². The summed E-state index contributed by atoms with van der Waals surface area (Å²) in [6, 6.07) is 30.3. The fourth-order valence-electron chi connectivity index (χ4n) is 3.37. The SMILES string of the molecule is O=C(Nc1ccc2oc(-c3ccc(Cl)cc3)nc2c1)c1ccc(-c2ccccc2)cc1. The van der Waals surface area contributed by atoms with Gasteiger partial charge in [-0.25, -0.2) is 4.98 Å². The standard InChI is InChI=1S/C26H17ClN2O2/c27-21-12-10-20(11-13-21)26-29-23-16-22(14-15-24(23)31-26)28-25(30)19-8-6-18(7-9-19)17-4-2-1-3-5-17/h1-16H,(H,28,30). The molecule has 4 aromatic carbocycles. The van der Waals surface area contributed by atoms with Crippen LogP contribution < -0.4 is 5.32 Å². The van der Waals surface area contributed by atoms with Crippen LogP contribution in [0.5, 0.6) is 0 Å². The zero-order chi connectivity index (χ0) is 21.2. The van der Waals surface area contributed by atoms with Crippen LogP contribution in [-0.4, -0.2) is 10.9 Å². The van der Waals surface area contributed by atoms with Crippen molar-refractivity contribution in [1.29, 1.82) is 0 Å². The van der Waals surface area contributed by atoms with Crippen molar-refractivity contribution in [3.8, 4) is 22.6 Å². The molecule has 150 valence electrons. The molecule has 0 unspecified atom stereocenters. The molecule has 5 rings (SSSR count). The molecule has 1 aromatic heterocycles. The van der Waals surface area contributed by atoms with Crippen molar-refractivity contribution >= 4 is 34.3 Å². The van der Waals surface area contributed by atoms with Gasteiger partial charge >= 0.3 is 0 Å². The molecule has 1 heterocycles. The van der Waals surface area contributed by atoms with Crippen molar-refractivity contribution in [2.24, 2.45) is 0 Å². The lowest BCUT2D eigenvalue weighted by atomic mass is 10.0. The predicted octanol–water partition coefficient (Wildman–Crippen LogP) is 7.07. The quantitative estimate of drug-likeness (QED) is 0.335. The van der Waals surface area contributed by atoms with Gasteiger partial charge in [0.05, 0.1) is 0 Å². The van der Waals surface area contributed by atoms with Crippen molar-refractivity contribution in [2.45, 2.75) is 0 Å². The summed E-state index contributed by atoms with van der Waals surface area (Å²) in [6.45, 7) is 0. The average Bonchev–Trinajstić information content (AvgIpc) is 3.23. The average molecular weight is 425 g/mol. The fourth-order valence-corrected chi connectivity index (χ4v) is 3.50. The zero-order valence-electron chi connectivity index (χ0n) is 16.4. The third kappa shape index (κ3) is 4.06. The van der Waals surface area contributed by atoms with Crippen LogP contribution in [-0.2, 0) is 0 Å². The van der Waals surface area contributed by atoms with Gasteiger partial charge in [-0.05, 0) is 65.7 Å². The van der Waals surface area contributed by atoms with Crippen LogP contribution in [0.2, 0.25) is 5.02 Å². The Morgan fingerprint density at radius 3 is 2.19 bits per heavy atom. The van der Waals surface area contributed by atoms with Crippen molar-refractivity contribution in [3.63, 3.8) is 0 Å². The first kappa shape index (κ1) is 19.1. The normalized spacial score (nSPS) is 10.9. The molecule has 0 radical (unpaired) electrons. The highest BCUT2D eigenvalue weighted by Crippen LogP contribution is 2.27. The topological polar surface area (TPSA) is 55.1 Å². The number of nitrogens with one attached hydrogen (secondary N) is 1. The highest BCUT2D eigenvalue weighted by molar-refractivity contribution is 6.30. The number of carbonyl (C=O) groups is 1. The molecule has 0 atom stereocenters. The molecule has 0 saturated carbocycles. The van der Waals surface area contributed by atoms with E-state index in [0.717, 1.165) is 16.7 Å². The monoisotopic (exact) mass is 424 g/mol. The number of nitrogens with zero attached hydrogens (tertiary/aromatic N) is 1. The Balaban J connectivity index is 1.35. The number of halogens is 1. The molecule has 1 amide bonds. The molecule has 0 aliphatic carbocycles. The summed E-state index contributed by atoms with van der Waals surface area (Å²) in [5.41, 5.74) is 5.57. The summed E-state index contributed by atoms with van der Waals surface area (Å²) in [7, 11) is 0. The minimum atomic E-state index is -0.180. The minimum absolute atomic E-state index is 0.180. The number of rotatable bonds is 4. The van der Waals surface area contributed by atoms with E-state index in [1.165, 1.54) is 0 Å². The number of oxazole rings is 1. The number of carbonyl (C=O) groups excluding carboxylic acids is 1. The number of benzene rings is 4. The summed E-state index contributed by atoms with van der Waals surface area (Å²) < 4.78 is 5.83. The highest BCUT2D eigenvalue weighted by atomic mass is 35.5. The lowest BCUT2D eigenvalue weighted by Crippen LogP contribution is -2.11. The Hall–Kier alpha value is -3.89. The van der Waals surface area contributed by atoms with E-state index in [2.05, 4.69) is 10.3 Å². The number of aromatic nitrogens is 1. The second kappa shape index (κ2) is 8.09. The maximum Gasteiger partial charge on any atom is 0.255 e. The van der Waals surface area contributed by atoms with Crippen molar-refractivity contribution in [3.05, 3.63) is 108 Å². The molecule has 5 aromatic rings. The molecule has 5 heteroatoms. The largest absolute Gasteiger partial charge is 0.436 e. The first-order chi connectivity index (χ1) is 15.2. The molecule has 0 bridgehead atoms. The van der Waals surface area contributed by atoms with E-state index in [1.54, 1.807) is 30.3 Å². The van der Waals surface area contributed by atoms with Crippen molar-refractivity contribution in [1.82, 2.24) is 4.98 Å². The number of fused-ring (bicyclic) bond motifs is 1. The Bertz CT molecular complexity index is 1360. The second-order valence-corrected chi connectivity index (χ2v) is 7.54. The molecule has 31 heavy (non-hydrogen) atoms. The van der Waals surface area contributed by atoms with E-state index in [1.807, 2.05) is 66.7 Å². The summed E-state index contributed by atoms with van der Waals surface area (Å²) in [5, 5.41) is 3.58. The van der Waals surface area contributed by atoms with Crippen LogP contribution >= 0.6 is 11.6 Å². The maximum absolute atomic E-state index is 12.7. The number of anilines is 1. The third-order valence-electron chi connectivity index (χ3n) is 4.99. The first-order valence-corrected chi connectivity index (χ1v) is 10.2. The molecule has 0 saturated heterocycles. The molecule has 0 fully saturated rings. The van der Waals surface area contributed by atoms with Crippen molar-refractivity contribution < 1.29 is 9.21 Å². The second-order valence-electron chi connectivity index (χ2n) is 7.11. The van der Waals surface area contributed by atoms with Gasteiger partial charge in [0.1, 0.15) is 5.52 Å². The molecular formula is C26H17ClN2O2. The number of hydrogen-bond donors (Lipinski definition) is 1. The van der Waals surface area contributed by atoms with Gasteiger partial charge in [-0.3, -0.25) is 4.79 Å². The van der Waals surface area contributed by atoms with E-state index < -0.39 is 0 Å². The van der Waals surface area contributed by atoms with Crippen LogP contribution in [0.4, 0.5) is 5.69 Å². The maximum atomic E-state index is 12.7. The van der Waals surface area contributed by atoms with Crippen LogP contribution in [0.15, 0.2) is 101 Å². The summed E-state index contributed by atoms with van der Waals surface area (Å²) in [5.74, 6) is 0.326. The number of amides is 1. The van der Waals surface area contributed by atoms with Gasteiger partial charge in [-0.1, -0.05) is 54.1 Å². The lowest BCUT2D eigenvalue weighted by Gasteiger charge is -2.06. The Morgan fingerprint density at radius 1 is 0.774 bits per heavy atom. The van der Waals surface area contributed by atoms with Crippen LogP contribution in [0.1, 0.15) is 10.4 Å². The molecule has 0 aliphatic rings. The zero-order valence-corrected chi connectivity index (χ0v) is 17.1. The van der Waals surface area contributed by atoms with Crippen LogP contribution in [0.25, 0.3) is 33.7 Å². The van der Waals surface area contributed by atoms with Gasteiger partial charge in [-0.2, -0.15) is 0 Å². The smallest absolute Gasteiger partial charge is 0.255 e. The van der Waals surface area contributed by atoms with Gasteiger partial charge in [0.2, 0.25) is 5.89 Å². The molecular weight excluding hydrogens is 408 g/mol. The fraction of sp³-hybridized carbons (Fsp3) is 0. The number of hydrogen-bond acceptors (Lipinski definition) is 3. The molecule has 0 aliphatic heterocycles. The third-order valence-corrected chi connectivity index (χ3v) is 5.24. The summed E-state index contributed by atoms with van der Waals surface area (Å²) >= 11 is 5.95. The van der Waals surface area contributed by atoms with Gasteiger partial charge in [0, 0.05) is 21.8 Å². The summed E-state index contributed by atoms with van der Waals surface area (Å²) in [6.07, 6.45) is 0. The van der Waals surface area contributed by atoms with Crippen LogP contribution in [0, 0.1) is 0 Å². The van der Waals surface area contributed by atoms with E-state index in [9.17, 15) is 4.79 Å². The van der Waals surface area contributed by atoms with E-state index in [0.29, 0.717) is 33.3 Å². The Labute approximate surface area is 184 Å².